The molecule has 0 radical (unpaired) electrons. The Morgan fingerprint density at radius 3 is 2.46 bits per heavy atom. The molecule has 1 amide bonds. The Kier molecular flexibility index (Phi) is 4.55. The number of hydrogen-bond donors (Lipinski definition) is 1. The Morgan fingerprint density at radius 2 is 1.79 bits per heavy atom. The summed E-state index contributed by atoms with van der Waals surface area (Å²) in [7, 11) is -3.84. The topological polar surface area (TPSA) is 63.2 Å². The maximum atomic E-state index is 13.7. The van der Waals surface area contributed by atoms with Crippen LogP contribution in [0.2, 0.25) is 0 Å². The van der Waals surface area contributed by atoms with Crippen molar-refractivity contribution in [1.29, 1.82) is 0 Å². The van der Waals surface area contributed by atoms with Crippen LogP contribution < -0.4 is 5.32 Å². The highest BCUT2D eigenvalue weighted by Gasteiger charge is 2.34. The SMILES string of the molecule is Cc1ccc(S(=O)(=O)c2csc3c2NC(=O)C[C@H]3c2ccc(F)c(F)c2)cc1. The number of halogens is 2. The smallest absolute Gasteiger partial charge is 0.225 e. The van der Waals surface area contributed by atoms with Crippen molar-refractivity contribution in [2.75, 3.05) is 5.32 Å². The third-order valence-electron chi connectivity index (χ3n) is 4.72. The molecule has 4 rings (SSSR count). The van der Waals surface area contributed by atoms with Gasteiger partial charge in [-0.1, -0.05) is 23.8 Å². The third kappa shape index (κ3) is 3.12. The zero-order valence-electron chi connectivity index (χ0n) is 14.7. The van der Waals surface area contributed by atoms with E-state index in [4.69, 9.17) is 0 Å². The lowest BCUT2D eigenvalue weighted by atomic mass is 9.90. The molecule has 0 unspecified atom stereocenters. The number of rotatable bonds is 3. The number of amides is 1. The maximum Gasteiger partial charge on any atom is 0.225 e. The van der Waals surface area contributed by atoms with Crippen LogP contribution in [0.5, 0.6) is 0 Å². The molecule has 0 saturated carbocycles. The molecular formula is C20H15F2NO3S2. The second kappa shape index (κ2) is 6.79. The summed E-state index contributed by atoms with van der Waals surface area (Å²) < 4.78 is 53.1. The van der Waals surface area contributed by atoms with E-state index in [9.17, 15) is 22.0 Å². The number of hydrogen-bond acceptors (Lipinski definition) is 4. The van der Waals surface area contributed by atoms with Crippen LogP contribution in [0.25, 0.3) is 0 Å². The molecule has 3 aromatic rings. The number of fused-ring (bicyclic) bond motifs is 1. The molecule has 1 atom stereocenters. The quantitative estimate of drug-likeness (QED) is 0.673. The summed E-state index contributed by atoms with van der Waals surface area (Å²) >= 11 is 1.18. The van der Waals surface area contributed by atoms with Crippen LogP contribution in [0, 0.1) is 18.6 Å². The van der Waals surface area contributed by atoms with Crippen molar-refractivity contribution >= 4 is 32.8 Å². The van der Waals surface area contributed by atoms with Gasteiger partial charge in [0.05, 0.1) is 10.6 Å². The molecule has 0 bridgehead atoms. The van der Waals surface area contributed by atoms with Crippen molar-refractivity contribution in [3.63, 3.8) is 0 Å². The highest BCUT2D eigenvalue weighted by Crippen LogP contribution is 2.46. The van der Waals surface area contributed by atoms with Crippen molar-refractivity contribution in [3.8, 4) is 0 Å². The highest BCUT2D eigenvalue weighted by molar-refractivity contribution is 7.91. The fourth-order valence-electron chi connectivity index (χ4n) is 3.24. The minimum Gasteiger partial charge on any atom is -0.324 e. The van der Waals surface area contributed by atoms with E-state index in [1.54, 1.807) is 12.1 Å². The molecule has 2 aromatic carbocycles. The van der Waals surface area contributed by atoms with Gasteiger partial charge in [0.1, 0.15) is 4.90 Å². The van der Waals surface area contributed by atoms with Crippen molar-refractivity contribution in [1.82, 2.24) is 0 Å². The zero-order valence-corrected chi connectivity index (χ0v) is 16.3. The van der Waals surface area contributed by atoms with Crippen LogP contribution in [0.15, 0.2) is 57.6 Å². The molecule has 2 heterocycles. The van der Waals surface area contributed by atoms with Crippen LogP contribution in [0.3, 0.4) is 0 Å². The summed E-state index contributed by atoms with van der Waals surface area (Å²) in [5, 5.41) is 4.13. The molecule has 4 nitrogen and oxygen atoms in total. The Labute approximate surface area is 164 Å². The van der Waals surface area contributed by atoms with E-state index in [1.165, 1.54) is 34.9 Å². The summed E-state index contributed by atoms with van der Waals surface area (Å²) in [6, 6.07) is 9.92. The van der Waals surface area contributed by atoms with E-state index in [0.717, 1.165) is 17.7 Å². The lowest BCUT2D eigenvalue weighted by Gasteiger charge is -2.23. The molecule has 0 spiro atoms. The van der Waals surface area contributed by atoms with Gasteiger partial charge in [-0.05, 0) is 36.8 Å². The van der Waals surface area contributed by atoms with Gasteiger partial charge in [0.25, 0.3) is 0 Å². The first kappa shape index (κ1) is 18.8. The standard InChI is InChI=1S/C20H15F2NO3S2/c1-11-2-5-13(6-3-11)28(25,26)17-10-27-20-14(9-18(24)23-19(17)20)12-4-7-15(21)16(22)8-12/h2-8,10,14H,9H2,1H3,(H,23,24)/t14-/m0/s1. The van der Waals surface area contributed by atoms with Gasteiger partial charge in [-0.2, -0.15) is 0 Å². The first-order chi connectivity index (χ1) is 13.3. The molecule has 1 N–H and O–H groups in total. The summed E-state index contributed by atoms with van der Waals surface area (Å²) in [6.07, 6.45) is 0.0304. The molecule has 0 saturated heterocycles. The summed E-state index contributed by atoms with van der Waals surface area (Å²) in [5.74, 6) is -2.89. The number of thiophene rings is 1. The van der Waals surface area contributed by atoms with Gasteiger partial charge in [-0.25, -0.2) is 17.2 Å². The second-order valence-corrected chi connectivity index (χ2v) is 9.46. The molecular weight excluding hydrogens is 404 g/mol. The van der Waals surface area contributed by atoms with Crippen LogP contribution in [0.4, 0.5) is 14.5 Å². The van der Waals surface area contributed by atoms with E-state index >= 15 is 0 Å². The van der Waals surface area contributed by atoms with Crippen molar-refractivity contribution < 1.29 is 22.0 Å². The minimum atomic E-state index is -3.84. The van der Waals surface area contributed by atoms with E-state index in [2.05, 4.69) is 5.32 Å². The predicted octanol–water partition coefficient (Wildman–Crippen LogP) is 4.64. The number of nitrogens with one attached hydrogen (secondary N) is 1. The fourth-order valence-corrected chi connectivity index (χ4v) is 6.15. The largest absolute Gasteiger partial charge is 0.324 e. The summed E-state index contributed by atoms with van der Waals surface area (Å²) in [5.41, 5.74) is 1.57. The van der Waals surface area contributed by atoms with E-state index in [0.29, 0.717) is 10.4 Å². The third-order valence-corrected chi connectivity index (χ3v) is 7.76. The van der Waals surface area contributed by atoms with Gasteiger partial charge >= 0.3 is 0 Å². The first-order valence-electron chi connectivity index (χ1n) is 8.45. The normalized spacial score (nSPS) is 16.5. The molecule has 0 fully saturated rings. The first-order valence-corrected chi connectivity index (χ1v) is 10.8. The number of carbonyl (C=O) groups excluding carboxylic acids is 1. The van der Waals surface area contributed by atoms with Crippen LogP contribution in [-0.4, -0.2) is 14.3 Å². The zero-order chi connectivity index (χ0) is 20.1. The average molecular weight is 419 g/mol. The molecule has 8 heteroatoms. The van der Waals surface area contributed by atoms with Crippen LogP contribution in [-0.2, 0) is 14.6 Å². The number of benzene rings is 2. The Hall–Kier alpha value is -2.58. The van der Waals surface area contributed by atoms with Gasteiger partial charge in [0, 0.05) is 22.6 Å². The summed E-state index contributed by atoms with van der Waals surface area (Å²) in [6.45, 7) is 1.86. The van der Waals surface area contributed by atoms with E-state index < -0.39 is 27.4 Å². The predicted molar refractivity (Wildman–Crippen MR) is 102 cm³/mol. The van der Waals surface area contributed by atoms with Gasteiger partial charge in [-0.3, -0.25) is 4.79 Å². The van der Waals surface area contributed by atoms with Crippen LogP contribution >= 0.6 is 11.3 Å². The molecule has 1 aliphatic heterocycles. The number of carbonyl (C=O) groups is 1. The van der Waals surface area contributed by atoms with Crippen molar-refractivity contribution in [2.45, 2.75) is 29.1 Å². The molecule has 28 heavy (non-hydrogen) atoms. The van der Waals surface area contributed by atoms with Gasteiger partial charge in [-0.15, -0.1) is 11.3 Å². The number of anilines is 1. The number of aryl methyl sites for hydroxylation is 1. The lowest BCUT2D eigenvalue weighted by Crippen LogP contribution is -2.23. The number of sulfone groups is 1. The van der Waals surface area contributed by atoms with Crippen molar-refractivity contribution in [2.24, 2.45) is 0 Å². The molecule has 0 aliphatic carbocycles. The second-order valence-electron chi connectivity index (χ2n) is 6.63. The van der Waals surface area contributed by atoms with Gasteiger partial charge in [0.2, 0.25) is 15.7 Å². The Balaban J connectivity index is 1.82. The van der Waals surface area contributed by atoms with Gasteiger partial charge < -0.3 is 5.32 Å². The van der Waals surface area contributed by atoms with Crippen molar-refractivity contribution in [3.05, 3.63) is 75.5 Å². The minimum absolute atomic E-state index is 0.0111. The van der Waals surface area contributed by atoms with Gasteiger partial charge in [0.15, 0.2) is 11.6 Å². The molecule has 1 aromatic heterocycles. The fraction of sp³-hybridized carbons (Fsp3) is 0.150. The molecule has 144 valence electrons. The summed E-state index contributed by atoms with van der Waals surface area (Å²) in [4.78, 5) is 13.0. The maximum absolute atomic E-state index is 13.7. The monoisotopic (exact) mass is 419 g/mol. The highest BCUT2D eigenvalue weighted by atomic mass is 32.2. The Bertz CT molecular complexity index is 1180. The average Bonchev–Trinajstić information content (AvgIpc) is 3.08. The Morgan fingerprint density at radius 1 is 1.07 bits per heavy atom. The van der Waals surface area contributed by atoms with Crippen LogP contribution in [0.1, 0.15) is 28.3 Å². The molecule has 1 aliphatic rings. The lowest BCUT2D eigenvalue weighted by molar-refractivity contribution is -0.116. The van der Waals surface area contributed by atoms with E-state index in [-0.39, 0.29) is 27.8 Å². The van der Waals surface area contributed by atoms with E-state index in [1.807, 2.05) is 6.92 Å².